The molecule has 0 unspecified atom stereocenters. The number of halogens is 1. The van der Waals surface area contributed by atoms with Crippen molar-refractivity contribution >= 4 is 33.8 Å². The van der Waals surface area contributed by atoms with E-state index in [0.717, 1.165) is 0 Å². The molecule has 0 aliphatic heterocycles. The highest BCUT2D eigenvalue weighted by Crippen LogP contribution is 2.33. The Morgan fingerprint density at radius 2 is 1.85 bits per heavy atom. The van der Waals surface area contributed by atoms with E-state index in [2.05, 4.69) is 26.2 Å². The number of nitrogens with two attached hydrogens (primary N) is 1. The Bertz CT molecular complexity index is 706. The molecule has 0 saturated heterocycles. The maximum absolute atomic E-state index is 12.3. The van der Waals surface area contributed by atoms with Gasteiger partial charge in [-0.2, -0.15) is 0 Å². The zero-order chi connectivity index (χ0) is 20.6. The fourth-order valence-corrected chi connectivity index (χ4v) is 3.01. The minimum absolute atomic E-state index is 0.0327. The van der Waals surface area contributed by atoms with Gasteiger partial charge in [0.25, 0.3) is 0 Å². The lowest BCUT2D eigenvalue weighted by molar-refractivity contribution is -0.137. The van der Waals surface area contributed by atoms with E-state index >= 15 is 0 Å². The van der Waals surface area contributed by atoms with Crippen molar-refractivity contribution in [2.45, 2.75) is 39.2 Å². The number of methoxy groups -OCH3 is 2. The Morgan fingerprint density at radius 3 is 2.37 bits per heavy atom. The summed E-state index contributed by atoms with van der Waals surface area (Å²) >= 11 is 3.40. The lowest BCUT2D eigenvalue weighted by Crippen LogP contribution is -2.39. The summed E-state index contributed by atoms with van der Waals surface area (Å²) in [6.45, 7) is 3.93. The number of aliphatic imine (C=N–C) groups is 1. The molecule has 1 atom stereocenters. The number of rotatable bonds is 9. The highest BCUT2D eigenvalue weighted by molar-refractivity contribution is 9.10. The molecule has 0 heterocycles. The van der Waals surface area contributed by atoms with Gasteiger partial charge in [0.2, 0.25) is 5.91 Å². The van der Waals surface area contributed by atoms with Crippen molar-refractivity contribution in [2.24, 2.45) is 16.6 Å². The SMILES string of the molecule is COc1cc(Br)c(CC(=O)NC(N)=N[C@@H](CC(=O)O)CC(C)C)cc1OC. The predicted molar refractivity (Wildman–Crippen MR) is 106 cm³/mol. The van der Waals surface area contributed by atoms with E-state index in [-0.39, 0.29) is 30.6 Å². The number of nitrogens with zero attached hydrogens (tertiary/aromatic N) is 1. The van der Waals surface area contributed by atoms with Crippen LogP contribution in [0.4, 0.5) is 0 Å². The molecular formula is C18H26BrN3O5. The number of guanidine groups is 1. The molecule has 0 radical (unpaired) electrons. The van der Waals surface area contributed by atoms with Crippen LogP contribution >= 0.6 is 15.9 Å². The van der Waals surface area contributed by atoms with Crippen molar-refractivity contribution in [3.05, 3.63) is 22.2 Å². The summed E-state index contributed by atoms with van der Waals surface area (Å²) < 4.78 is 11.1. The summed E-state index contributed by atoms with van der Waals surface area (Å²) in [5.74, 6) is -0.128. The minimum Gasteiger partial charge on any atom is -0.493 e. The third kappa shape index (κ3) is 7.86. The lowest BCUT2D eigenvalue weighted by atomic mass is 10.0. The Labute approximate surface area is 167 Å². The maximum Gasteiger partial charge on any atom is 0.305 e. The average Bonchev–Trinajstić information content (AvgIpc) is 2.54. The first-order valence-corrected chi connectivity index (χ1v) is 9.20. The molecule has 0 aliphatic carbocycles. The van der Waals surface area contributed by atoms with Crippen LogP contribution in [0.2, 0.25) is 0 Å². The molecule has 0 aromatic heterocycles. The van der Waals surface area contributed by atoms with Gasteiger partial charge in [-0.15, -0.1) is 0 Å². The highest BCUT2D eigenvalue weighted by atomic mass is 79.9. The smallest absolute Gasteiger partial charge is 0.305 e. The monoisotopic (exact) mass is 443 g/mol. The number of ether oxygens (including phenoxy) is 2. The average molecular weight is 444 g/mol. The summed E-state index contributed by atoms with van der Waals surface area (Å²) in [7, 11) is 3.04. The van der Waals surface area contributed by atoms with Crippen molar-refractivity contribution in [1.29, 1.82) is 0 Å². The molecule has 1 aromatic carbocycles. The molecule has 0 bridgehead atoms. The molecule has 0 fully saturated rings. The van der Waals surface area contributed by atoms with Crippen LogP contribution in [0.25, 0.3) is 0 Å². The van der Waals surface area contributed by atoms with Crippen LogP contribution in [0.5, 0.6) is 11.5 Å². The van der Waals surface area contributed by atoms with E-state index in [4.69, 9.17) is 20.3 Å². The van der Waals surface area contributed by atoms with Crippen LogP contribution < -0.4 is 20.5 Å². The molecule has 8 nitrogen and oxygen atoms in total. The van der Waals surface area contributed by atoms with Gasteiger partial charge in [0.05, 0.1) is 33.1 Å². The number of aliphatic carboxylic acids is 1. The van der Waals surface area contributed by atoms with Gasteiger partial charge in [0.15, 0.2) is 17.5 Å². The third-order valence-corrected chi connectivity index (χ3v) is 4.38. The van der Waals surface area contributed by atoms with E-state index in [9.17, 15) is 9.59 Å². The largest absolute Gasteiger partial charge is 0.493 e. The molecule has 0 spiro atoms. The number of benzene rings is 1. The van der Waals surface area contributed by atoms with E-state index in [1.54, 1.807) is 12.1 Å². The minimum atomic E-state index is -0.960. The van der Waals surface area contributed by atoms with Crippen LogP contribution in [0.1, 0.15) is 32.3 Å². The van der Waals surface area contributed by atoms with E-state index in [1.165, 1.54) is 14.2 Å². The van der Waals surface area contributed by atoms with Gasteiger partial charge in [-0.25, -0.2) is 4.99 Å². The van der Waals surface area contributed by atoms with E-state index < -0.39 is 12.0 Å². The molecule has 1 amide bonds. The van der Waals surface area contributed by atoms with Crippen LogP contribution in [0, 0.1) is 5.92 Å². The molecule has 4 N–H and O–H groups in total. The molecule has 150 valence electrons. The molecule has 1 aromatic rings. The zero-order valence-electron chi connectivity index (χ0n) is 15.9. The number of hydrogen-bond acceptors (Lipinski definition) is 5. The van der Waals surface area contributed by atoms with Gasteiger partial charge in [-0.1, -0.05) is 29.8 Å². The Morgan fingerprint density at radius 1 is 1.26 bits per heavy atom. The first-order valence-electron chi connectivity index (χ1n) is 8.41. The van der Waals surface area contributed by atoms with E-state index in [0.29, 0.717) is 28.0 Å². The third-order valence-electron chi connectivity index (χ3n) is 3.65. The van der Waals surface area contributed by atoms with Crippen molar-refractivity contribution in [2.75, 3.05) is 14.2 Å². The summed E-state index contributed by atoms with van der Waals surface area (Å²) in [4.78, 5) is 27.4. The quantitative estimate of drug-likeness (QED) is 0.397. The summed E-state index contributed by atoms with van der Waals surface area (Å²) in [6, 6.07) is 2.92. The second-order valence-electron chi connectivity index (χ2n) is 6.42. The second-order valence-corrected chi connectivity index (χ2v) is 7.27. The van der Waals surface area contributed by atoms with Crippen molar-refractivity contribution < 1.29 is 24.2 Å². The van der Waals surface area contributed by atoms with Crippen LogP contribution in [-0.4, -0.2) is 43.2 Å². The van der Waals surface area contributed by atoms with E-state index in [1.807, 2.05) is 13.8 Å². The molecule has 1 rings (SSSR count). The normalized spacial score (nSPS) is 12.6. The first-order chi connectivity index (χ1) is 12.7. The molecule has 0 aliphatic rings. The lowest BCUT2D eigenvalue weighted by Gasteiger charge is -2.15. The topological polar surface area (TPSA) is 123 Å². The first kappa shape index (κ1) is 22.8. The molecule has 0 saturated carbocycles. The van der Waals surface area contributed by atoms with Gasteiger partial charge >= 0.3 is 5.97 Å². The summed E-state index contributed by atoms with van der Waals surface area (Å²) in [6.07, 6.45) is 0.449. The summed E-state index contributed by atoms with van der Waals surface area (Å²) in [5.41, 5.74) is 6.47. The van der Waals surface area contributed by atoms with Gasteiger partial charge in [-0.05, 0) is 30.0 Å². The molecule has 27 heavy (non-hydrogen) atoms. The standard InChI is InChI=1S/C18H26BrN3O5/c1-10(2)5-12(8-17(24)25)21-18(20)22-16(23)7-11-6-14(26-3)15(27-4)9-13(11)19/h6,9-10,12H,5,7-8H2,1-4H3,(H,24,25)(H3,20,21,22,23)/t12-/m1/s1. The fourth-order valence-electron chi connectivity index (χ4n) is 2.55. The number of nitrogens with one attached hydrogen (secondary N) is 1. The van der Waals surface area contributed by atoms with Crippen LogP contribution in [-0.2, 0) is 16.0 Å². The van der Waals surface area contributed by atoms with Gasteiger partial charge < -0.3 is 20.3 Å². The molecular weight excluding hydrogens is 418 g/mol. The number of carbonyl (C=O) groups excluding carboxylic acids is 1. The summed E-state index contributed by atoms with van der Waals surface area (Å²) in [5, 5.41) is 11.5. The Balaban J connectivity index is 2.84. The van der Waals surface area contributed by atoms with Gasteiger partial charge in [0, 0.05) is 4.47 Å². The number of carbonyl (C=O) groups is 2. The second kappa shape index (κ2) is 10.8. The van der Waals surface area contributed by atoms with Crippen molar-refractivity contribution in [3.8, 4) is 11.5 Å². The van der Waals surface area contributed by atoms with Crippen LogP contribution in [0.15, 0.2) is 21.6 Å². The Kier molecular flexibility index (Phi) is 9.07. The number of amides is 1. The van der Waals surface area contributed by atoms with Crippen molar-refractivity contribution in [3.63, 3.8) is 0 Å². The zero-order valence-corrected chi connectivity index (χ0v) is 17.5. The highest BCUT2D eigenvalue weighted by Gasteiger charge is 2.16. The number of carboxylic acid groups (broad SMARTS) is 1. The molecule has 9 heteroatoms. The maximum atomic E-state index is 12.3. The Hall–Kier alpha value is -2.29. The van der Waals surface area contributed by atoms with Gasteiger partial charge in [0.1, 0.15) is 0 Å². The fraction of sp³-hybridized carbons (Fsp3) is 0.500. The number of hydrogen-bond donors (Lipinski definition) is 3. The van der Waals surface area contributed by atoms with Crippen LogP contribution in [0.3, 0.4) is 0 Å². The predicted octanol–water partition coefficient (Wildman–Crippen LogP) is 2.33. The van der Waals surface area contributed by atoms with Crippen molar-refractivity contribution in [1.82, 2.24) is 5.32 Å². The van der Waals surface area contributed by atoms with Gasteiger partial charge in [-0.3, -0.25) is 14.9 Å². The number of carboxylic acids is 1.